The molecular formula is C13H20N2O. The molecule has 88 valence electrons. The van der Waals surface area contributed by atoms with Crippen LogP contribution in [-0.2, 0) is 6.61 Å². The van der Waals surface area contributed by atoms with Gasteiger partial charge in [-0.05, 0) is 18.9 Å². The topological polar surface area (TPSA) is 36.4 Å². The van der Waals surface area contributed by atoms with Gasteiger partial charge in [0.1, 0.15) is 0 Å². The number of hydrogen-bond donors (Lipinski definition) is 1. The van der Waals surface area contributed by atoms with Gasteiger partial charge < -0.3 is 10.0 Å². The maximum absolute atomic E-state index is 9.31. The summed E-state index contributed by atoms with van der Waals surface area (Å²) in [5.74, 6) is 0. The van der Waals surface area contributed by atoms with Gasteiger partial charge in [-0.25, -0.2) is 0 Å². The van der Waals surface area contributed by atoms with Crippen molar-refractivity contribution in [1.29, 1.82) is 0 Å². The van der Waals surface area contributed by atoms with E-state index in [9.17, 15) is 5.11 Å². The summed E-state index contributed by atoms with van der Waals surface area (Å²) in [6.07, 6.45) is 10.1. The molecule has 0 aromatic carbocycles. The van der Waals surface area contributed by atoms with Crippen LogP contribution in [-0.4, -0.2) is 23.2 Å². The van der Waals surface area contributed by atoms with Gasteiger partial charge in [0.25, 0.3) is 0 Å². The van der Waals surface area contributed by atoms with Crippen LogP contribution in [0.15, 0.2) is 18.5 Å². The molecule has 1 aromatic heterocycles. The Balaban J connectivity index is 2.15. The minimum Gasteiger partial charge on any atom is -0.392 e. The zero-order valence-corrected chi connectivity index (χ0v) is 9.89. The Labute approximate surface area is 97.1 Å². The van der Waals surface area contributed by atoms with E-state index in [0.717, 1.165) is 11.3 Å². The predicted octanol–water partition coefficient (Wildman–Crippen LogP) is 2.34. The number of rotatable bonds is 3. The Morgan fingerprint density at radius 2 is 2.12 bits per heavy atom. The fraction of sp³-hybridized carbons (Fsp3) is 0.615. The van der Waals surface area contributed by atoms with Crippen molar-refractivity contribution in [2.45, 2.75) is 44.8 Å². The highest BCUT2D eigenvalue weighted by molar-refractivity contribution is 5.51. The monoisotopic (exact) mass is 220 g/mol. The standard InChI is InChI=1S/C13H20N2O/c1-15(12-5-3-2-4-6-12)13-9-14-8-7-11(13)10-16/h7-9,12,16H,2-6,10H2,1H3. The first kappa shape index (κ1) is 11.4. The van der Waals surface area contributed by atoms with E-state index in [1.807, 2.05) is 12.3 Å². The van der Waals surface area contributed by atoms with Crippen LogP contribution in [0.3, 0.4) is 0 Å². The second-order valence-corrected chi connectivity index (χ2v) is 4.57. The molecule has 1 aliphatic rings. The maximum Gasteiger partial charge on any atom is 0.0703 e. The van der Waals surface area contributed by atoms with Crippen molar-refractivity contribution in [2.75, 3.05) is 11.9 Å². The summed E-state index contributed by atoms with van der Waals surface area (Å²) in [6.45, 7) is 0.0922. The van der Waals surface area contributed by atoms with Gasteiger partial charge in [0.2, 0.25) is 0 Å². The lowest BCUT2D eigenvalue weighted by atomic mass is 9.94. The van der Waals surface area contributed by atoms with Gasteiger partial charge in [0.15, 0.2) is 0 Å². The van der Waals surface area contributed by atoms with Crippen molar-refractivity contribution in [1.82, 2.24) is 4.98 Å². The van der Waals surface area contributed by atoms with Gasteiger partial charge in [0, 0.05) is 24.8 Å². The average Bonchev–Trinajstić information content (AvgIpc) is 2.39. The molecule has 0 atom stereocenters. The normalized spacial score (nSPS) is 17.4. The Morgan fingerprint density at radius 1 is 1.38 bits per heavy atom. The van der Waals surface area contributed by atoms with Crippen LogP contribution in [0.2, 0.25) is 0 Å². The molecule has 0 unspecified atom stereocenters. The summed E-state index contributed by atoms with van der Waals surface area (Å²) >= 11 is 0. The lowest BCUT2D eigenvalue weighted by Crippen LogP contribution is -2.34. The third-order valence-electron chi connectivity index (χ3n) is 3.56. The van der Waals surface area contributed by atoms with Crippen LogP contribution in [0.25, 0.3) is 0 Å². The molecule has 0 aliphatic heterocycles. The number of anilines is 1. The van der Waals surface area contributed by atoms with Crippen molar-refractivity contribution < 1.29 is 5.11 Å². The molecule has 1 N–H and O–H groups in total. The number of aliphatic hydroxyl groups excluding tert-OH is 1. The summed E-state index contributed by atoms with van der Waals surface area (Å²) in [5, 5.41) is 9.31. The minimum absolute atomic E-state index is 0.0922. The van der Waals surface area contributed by atoms with Gasteiger partial charge in [0.05, 0.1) is 18.5 Å². The van der Waals surface area contributed by atoms with Gasteiger partial charge in [-0.15, -0.1) is 0 Å². The molecule has 1 fully saturated rings. The molecule has 1 heterocycles. The third-order valence-corrected chi connectivity index (χ3v) is 3.56. The Morgan fingerprint density at radius 3 is 2.81 bits per heavy atom. The van der Waals surface area contributed by atoms with E-state index in [1.54, 1.807) is 6.20 Å². The molecule has 0 bridgehead atoms. The smallest absolute Gasteiger partial charge is 0.0703 e. The van der Waals surface area contributed by atoms with Crippen molar-refractivity contribution in [2.24, 2.45) is 0 Å². The predicted molar refractivity (Wildman–Crippen MR) is 65.4 cm³/mol. The van der Waals surface area contributed by atoms with Crippen molar-refractivity contribution in [3.05, 3.63) is 24.0 Å². The molecule has 0 amide bonds. The Bertz CT molecular complexity index is 334. The number of nitrogens with zero attached hydrogens (tertiary/aromatic N) is 2. The molecule has 3 nitrogen and oxygen atoms in total. The number of aliphatic hydroxyl groups is 1. The third kappa shape index (κ3) is 2.35. The fourth-order valence-electron chi connectivity index (χ4n) is 2.53. The van der Waals surface area contributed by atoms with Crippen LogP contribution in [0.4, 0.5) is 5.69 Å². The van der Waals surface area contributed by atoms with E-state index in [1.165, 1.54) is 32.1 Å². The van der Waals surface area contributed by atoms with Gasteiger partial charge in [-0.1, -0.05) is 19.3 Å². The summed E-state index contributed by atoms with van der Waals surface area (Å²) in [5.41, 5.74) is 2.06. The first-order chi connectivity index (χ1) is 7.83. The lowest BCUT2D eigenvalue weighted by Gasteiger charge is -2.33. The van der Waals surface area contributed by atoms with Crippen LogP contribution in [0.1, 0.15) is 37.7 Å². The Hall–Kier alpha value is -1.09. The molecule has 3 heteroatoms. The first-order valence-electron chi connectivity index (χ1n) is 6.09. The fourth-order valence-corrected chi connectivity index (χ4v) is 2.53. The minimum atomic E-state index is 0.0922. The highest BCUT2D eigenvalue weighted by Crippen LogP contribution is 2.27. The first-order valence-corrected chi connectivity index (χ1v) is 6.09. The molecule has 1 aliphatic carbocycles. The van der Waals surface area contributed by atoms with Crippen molar-refractivity contribution >= 4 is 5.69 Å². The molecular weight excluding hydrogens is 200 g/mol. The molecule has 16 heavy (non-hydrogen) atoms. The van der Waals surface area contributed by atoms with Crippen LogP contribution >= 0.6 is 0 Å². The molecule has 0 spiro atoms. The largest absolute Gasteiger partial charge is 0.392 e. The molecule has 1 aromatic rings. The summed E-state index contributed by atoms with van der Waals surface area (Å²) in [7, 11) is 2.12. The second-order valence-electron chi connectivity index (χ2n) is 4.57. The zero-order valence-electron chi connectivity index (χ0n) is 9.89. The number of pyridine rings is 1. The van der Waals surface area contributed by atoms with Gasteiger partial charge >= 0.3 is 0 Å². The van der Waals surface area contributed by atoms with Crippen LogP contribution < -0.4 is 4.90 Å². The van der Waals surface area contributed by atoms with E-state index in [4.69, 9.17) is 0 Å². The maximum atomic E-state index is 9.31. The van der Waals surface area contributed by atoms with Crippen molar-refractivity contribution in [3.8, 4) is 0 Å². The quantitative estimate of drug-likeness (QED) is 0.849. The lowest BCUT2D eigenvalue weighted by molar-refractivity contribution is 0.281. The highest BCUT2D eigenvalue weighted by atomic mass is 16.3. The van der Waals surface area contributed by atoms with Gasteiger partial charge in [-0.2, -0.15) is 0 Å². The van der Waals surface area contributed by atoms with E-state index in [0.29, 0.717) is 6.04 Å². The SMILES string of the molecule is CN(c1cnccc1CO)C1CCCCC1. The second kappa shape index (κ2) is 5.30. The molecule has 2 rings (SSSR count). The number of aromatic nitrogens is 1. The highest BCUT2D eigenvalue weighted by Gasteiger charge is 2.19. The van der Waals surface area contributed by atoms with E-state index in [2.05, 4.69) is 16.9 Å². The van der Waals surface area contributed by atoms with Crippen molar-refractivity contribution in [3.63, 3.8) is 0 Å². The summed E-state index contributed by atoms with van der Waals surface area (Å²) in [6, 6.07) is 2.51. The van der Waals surface area contributed by atoms with E-state index in [-0.39, 0.29) is 6.61 Å². The molecule has 0 radical (unpaired) electrons. The summed E-state index contributed by atoms with van der Waals surface area (Å²) < 4.78 is 0. The zero-order chi connectivity index (χ0) is 11.4. The van der Waals surface area contributed by atoms with Crippen LogP contribution in [0.5, 0.6) is 0 Å². The summed E-state index contributed by atoms with van der Waals surface area (Å²) in [4.78, 5) is 6.45. The van der Waals surface area contributed by atoms with E-state index < -0.39 is 0 Å². The molecule has 0 saturated heterocycles. The van der Waals surface area contributed by atoms with Gasteiger partial charge in [-0.3, -0.25) is 4.98 Å². The Kier molecular flexibility index (Phi) is 3.78. The van der Waals surface area contributed by atoms with Crippen LogP contribution in [0, 0.1) is 0 Å². The average molecular weight is 220 g/mol. The number of hydrogen-bond acceptors (Lipinski definition) is 3. The molecule has 1 saturated carbocycles. The van der Waals surface area contributed by atoms with E-state index >= 15 is 0 Å².